The molecule has 35 heavy (non-hydrogen) atoms. The van der Waals surface area contributed by atoms with Crippen molar-refractivity contribution in [1.82, 2.24) is 20.1 Å². The molecule has 1 aromatic heterocycles. The van der Waals surface area contributed by atoms with Crippen LogP contribution in [0.25, 0.3) is 11.3 Å². The molecule has 3 aromatic rings. The summed E-state index contributed by atoms with van der Waals surface area (Å²) in [6.07, 6.45) is 0. The summed E-state index contributed by atoms with van der Waals surface area (Å²) in [5, 5.41) is 7.49. The molecule has 0 aliphatic carbocycles. The van der Waals surface area contributed by atoms with Gasteiger partial charge in [-0.1, -0.05) is 24.3 Å². The van der Waals surface area contributed by atoms with Gasteiger partial charge in [-0.25, -0.2) is 14.2 Å². The van der Waals surface area contributed by atoms with Gasteiger partial charge in [0.2, 0.25) is 0 Å². The fourth-order valence-corrected chi connectivity index (χ4v) is 5.01. The van der Waals surface area contributed by atoms with Crippen LogP contribution in [-0.4, -0.2) is 54.9 Å². The number of aromatic nitrogens is 1. The van der Waals surface area contributed by atoms with Crippen LogP contribution in [-0.2, 0) is 17.8 Å². The van der Waals surface area contributed by atoms with Gasteiger partial charge in [-0.2, -0.15) is 0 Å². The first-order chi connectivity index (χ1) is 16.9. The predicted octanol–water partition coefficient (Wildman–Crippen LogP) is 4.05. The van der Waals surface area contributed by atoms with Crippen LogP contribution in [0.15, 0.2) is 52.8 Å². The van der Waals surface area contributed by atoms with Crippen molar-refractivity contribution in [2.75, 3.05) is 33.4 Å². The summed E-state index contributed by atoms with van der Waals surface area (Å²) in [6, 6.07) is 13.7. The van der Waals surface area contributed by atoms with Crippen LogP contribution in [0.2, 0.25) is 0 Å². The van der Waals surface area contributed by atoms with E-state index in [-0.39, 0.29) is 11.8 Å². The summed E-state index contributed by atoms with van der Waals surface area (Å²) in [4.78, 5) is 19.7. The molecule has 1 aliphatic heterocycles. The Morgan fingerprint density at radius 2 is 2.06 bits per heavy atom. The van der Waals surface area contributed by atoms with Crippen molar-refractivity contribution in [3.63, 3.8) is 0 Å². The average molecular weight is 498 g/mol. The summed E-state index contributed by atoms with van der Waals surface area (Å²) in [5.41, 5.74) is 4.62. The number of amides is 2. The number of carbonyl (C=O) groups excluding carboxylic acids is 1. The molecule has 0 spiro atoms. The number of hydrogen-bond donors (Lipinski definition) is 2. The Morgan fingerprint density at radius 3 is 2.77 bits per heavy atom. The lowest BCUT2D eigenvalue weighted by Gasteiger charge is -2.33. The number of rotatable bonds is 7. The standard InChI is InChI=1S/C26H32FN5O2S/c1-18-14-22(8-9-23(18)27)30-26-32(11-10-29-25(33)28-3)24(17-35-26)21-6-4-20(5-7-21)15-31-12-13-34-16-19(31)2/h4-9,14,17,19H,10-13,15-16H2,1-3H3,(H2,28,29,33)/b30-26-/t19-/m0/s1. The van der Waals surface area contributed by atoms with Crippen LogP contribution in [0.1, 0.15) is 18.1 Å². The van der Waals surface area contributed by atoms with E-state index in [1.807, 2.05) is 0 Å². The molecule has 9 heteroatoms. The summed E-state index contributed by atoms with van der Waals surface area (Å²) in [5.74, 6) is -0.245. The molecule has 1 atom stereocenters. The van der Waals surface area contributed by atoms with Crippen molar-refractivity contribution in [1.29, 1.82) is 0 Å². The Bertz CT molecular complexity index is 1220. The van der Waals surface area contributed by atoms with E-state index in [2.05, 4.69) is 56.7 Å². The quantitative estimate of drug-likeness (QED) is 0.518. The summed E-state index contributed by atoms with van der Waals surface area (Å²) >= 11 is 1.53. The summed E-state index contributed by atoms with van der Waals surface area (Å²) in [6.45, 7) is 8.33. The molecule has 0 bridgehead atoms. The van der Waals surface area contributed by atoms with Crippen molar-refractivity contribution in [2.45, 2.75) is 33.0 Å². The van der Waals surface area contributed by atoms with Crippen LogP contribution >= 0.6 is 11.3 Å². The second-order valence-electron chi connectivity index (χ2n) is 8.70. The Balaban J connectivity index is 1.61. The first kappa shape index (κ1) is 25.1. The monoisotopic (exact) mass is 497 g/mol. The molecule has 2 heterocycles. The van der Waals surface area contributed by atoms with Gasteiger partial charge < -0.3 is 19.9 Å². The van der Waals surface area contributed by atoms with Crippen molar-refractivity contribution >= 4 is 23.1 Å². The van der Waals surface area contributed by atoms with Crippen LogP contribution in [0.4, 0.5) is 14.9 Å². The summed E-state index contributed by atoms with van der Waals surface area (Å²) in [7, 11) is 1.59. The molecule has 1 fully saturated rings. The molecule has 2 aromatic carbocycles. The highest BCUT2D eigenvalue weighted by Gasteiger charge is 2.18. The SMILES string of the molecule is CNC(=O)NCCn1c(-c2ccc(CN3CCOC[C@@H]3C)cc2)cs/c1=N\c1ccc(F)c(C)c1. The summed E-state index contributed by atoms with van der Waals surface area (Å²) < 4.78 is 21.4. The zero-order chi connectivity index (χ0) is 24.8. The van der Waals surface area contributed by atoms with E-state index < -0.39 is 0 Å². The van der Waals surface area contributed by atoms with Crippen LogP contribution in [0.5, 0.6) is 0 Å². The Labute approximate surface area is 209 Å². The second kappa shape index (κ2) is 11.6. The molecule has 1 aliphatic rings. The first-order valence-electron chi connectivity index (χ1n) is 11.8. The van der Waals surface area contributed by atoms with Crippen LogP contribution in [0, 0.1) is 12.7 Å². The zero-order valence-corrected chi connectivity index (χ0v) is 21.2. The van der Waals surface area contributed by atoms with Gasteiger partial charge in [0.05, 0.1) is 24.6 Å². The normalized spacial score (nSPS) is 16.9. The largest absolute Gasteiger partial charge is 0.379 e. The number of hydrogen-bond acceptors (Lipinski definition) is 5. The molecule has 0 unspecified atom stereocenters. The van der Waals surface area contributed by atoms with Gasteiger partial charge in [0, 0.05) is 44.6 Å². The lowest BCUT2D eigenvalue weighted by Crippen LogP contribution is -2.42. The van der Waals surface area contributed by atoms with E-state index in [1.54, 1.807) is 26.1 Å². The molecular weight excluding hydrogens is 465 g/mol. The molecule has 2 amide bonds. The maximum Gasteiger partial charge on any atom is 0.314 e. The average Bonchev–Trinajstić information content (AvgIpc) is 3.25. The number of benzene rings is 2. The molecule has 2 N–H and O–H groups in total. The number of nitrogens with one attached hydrogen (secondary N) is 2. The van der Waals surface area contributed by atoms with E-state index in [0.29, 0.717) is 30.4 Å². The molecule has 1 saturated heterocycles. The van der Waals surface area contributed by atoms with Gasteiger partial charge in [0.25, 0.3) is 0 Å². The van der Waals surface area contributed by atoms with E-state index in [4.69, 9.17) is 9.73 Å². The molecule has 7 nitrogen and oxygen atoms in total. The van der Waals surface area contributed by atoms with E-state index >= 15 is 0 Å². The minimum atomic E-state index is -0.245. The number of urea groups is 1. The maximum atomic E-state index is 13.7. The Morgan fingerprint density at radius 1 is 1.26 bits per heavy atom. The van der Waals surface area contributed by atoms with E-state index in [1.165, 1.54) is 23.0 Å². The number of carbonyl (C=O) groups is 1. The van der Waals surface area contributed by atoms with Crippen molar-refractivity contribution in [2.24, 2.45) is 4.99 Å². The van der Waals surface area contributed by atoms with Crippen molar-refractivity contribution < 1.29 is 13.9 Å². The van der Waals surface area contributed by atoms with E-state index in [0.717, 1.165) is 42.4 Å². The molecule has 0 radical (unpaired) electrons. The van der Waals surface area contributed by atoms with E-state index in [9.17, 15) is 9.18 Å². The highest BCUT2D eigenvalue weighted by atomic mass is 32.1. The van der Waals surface area contributed by atoms with Gasteiger partial charge in [-0.05, 0) is 48.7 Å². The van der Waals surface area contributed by atoms with Gasteiger partial charge in [0.15, 0.2) is 4.80 Å². The zero-order valence-electron chi connectivity index (χ0n) is 20.4. The minimum Gasteiger partial charge on any atom is -0.379 e. The maximum absolute atomic E-state index is 13.7. The minimum absolute atomic E-state index is 0.225. The van der Waals surface area contributed by atoms with Gasteiger partial charge in [-0.15, -0.1) is 11.3 Å². The third-order valence-corrected chi connectivity index (χ3v) is 7.02. The molecule has 0 saturated carbocycles. The number of thiazole rings is 1. The van der Waals surface area contributed by atoms with Crippen molar-refractivity contribution in [3.8, 4) is 11.3 Å². The lowest BCUT2D eigenvalue weighted by molar-refractivity contribution is -0.00436. The molecule has 4 rings (SSSR count). The third-order valence-electron chi connectivity index (χ3n) is 6.15. The Kier molecular flexibility index (Phi) is 8.33. The number of ether oxygens (including phenoxy) is 1. The lowest BCUT2D eigenvalue weighted by atomic mass is 10.1. The van der Waals surface area contributed by atoms with Gasteiger partial charge >= 0.3 is 6.03 Å². The Hall–Kier alpha value is -3.01. The number of morpholine rings is 1. The third kappa shape index (κ3) is 6.36. The first-order valence-corrected chi connectivity index (χ1v) is 12.7. The van der Waals surface area contributed by atoms with Gasteiger partial charge in [0.1, 0.15) is 5.82 Å². The fourth-order valence-electron chi connectivity index (χ4n) is 4.06. The molecular formula is C26H32FN5O2S. The number of halogens is 1. The highest BCUT2D eigenvalue weighted by molar-refractivity contribution is 7.07. The number of aryl methyl sites for hydroxylation is 1. The topological polar surface area (TPSA) is 70.9 Å². The van der Waals surface area contributed by atoms with Gasteiger partial charge in [-0.3, -0.25) is 4.90 Å². The van der Waals surface area contributed by atoms with Crippen LogP contribution in [0.3, 0.4) is 0 Å². The van der Waals surface area contributed by atoms with Crippen molar-refractivity contribution in [3.05, 3.63) is 69.6 Å². The second-order valence-corrected chi connectivity index (χ2v) is 9.53. The fraction of sp³-hybridized carbons (Fsp3) is 0.385. The smallest absolute Gasteiger partial charge is 0.314 e. The molecule has 186 valence electrons. The number of nitrogens with zero attached hydrogens (tertiary/aromatic N) is 3. The highest BCUT2D eigenvalue weighted by Crippen LogP contribution is 2.23. The predicted molar refractivity (Wildman–Crippen MR) is 137 cm³/mol. The van der Waals surface area contributed by atoms with Crippen LogP contribution < -0.4 is 15.4 Å².